The molecular formula is C16H33NO2. The first-order chi connectivity index (χ1) is 8.93. The Morgan fingerprint density at radius 1 is 1.37 bits per heavy atom. The van der Waals surface area contributed by atoms with Gasteiger partial charge in [-0.3, -0.25) is 0 Å². The van der Waals surface area contributed by atoms with Crippen LogP contribution in [0.1, 0.15) is 53.4 Å². The van der Waals surface area contributed by atoms with Crippen LogP contribution in [0.3, 0.4) is 0 Å². The summed E-state index contributed by atoms with van der Waals surface area (Å²) in [6.07, 6.45) is 5.35. The van der Waals surface area contributed by atoms with Gasteiger partial charge >= 0.3 is 0 Å². The second-order valence-electron chi connectivity index (χ2n) is 6.97. The zero-order valence-electron chi connectivity index (χ0n) is 13.5. The fourth-order valence-electron chi connectivity index (χ4n) is 3.03. The molecule has 2 atom stereocenters. The maximum absolute atomic E-state index is 6.14. The van der Waals surface area contributed by atoms with Crippen molar-refractivity contribution in [2.45, 2.75) is 65.1 Å². The summed E-state index contributed by atoms with van der Waals surface area (Å²) < 4.78 is 11.2. The van der Waals surface area contributed by atoms with Gasteiger partial charge < -0.3 is 14.8 Å². The summed E-state index contributed by atoms with van der Waals surface area (Å²) in [5, 5.41) is 3.51. The zero-order valence-corrected chi connectivity index (χ0v) is 13.5. The second-order valence-corrected chi connectivity index (χ2v) is 6.97. The molecule has 0 radical (unpaired) electrons. The Bertz CT molecular complexity index is 241. The molecule has 0 aromatic heterocycles. The van der Waals surface area contributed by atoms with Crippen LogP contribution in [0.2, 0.25) is 0 Å². The molecule has 19 heavy (non-hydrogen) atoms. The van der Waals surface area contributed by atoms with Gasteiger partial charge in [-0.1, -0.05) is 13.8 Å². The van der Waals surface area contributed by atoms with E-state index in [4.69, 9.17) is 9.47 Å². The van der Waals surface area contributed by atoms with E-state index in [-0.39, 0.29) is 5.60 Å². The van der Waals surface area contributed by atoms with Gasteiger partial charge in [0.25, 0.3) is 0 Å². The Labute approximate surface area is 119 Å². The van der Waals surface area contributed by atoms with Crippen molar-refractivity contribution >= 4 is 0 Å². The third-order valence-electron chi connectivity index (χ3n) is 3.87. The molecular weight excluding hydrogens is 238 g/mol. The van der Waals surface area contributed by atoms with Crippen LogP contribution in [0.25, 0.3) is 0 Å². The van der Waals surface area contributed by atoms with Crippen molar-refractivity contribution in [3.05, 3.63) is 0 Å². The monoisotopic (exact) mass is 271 g/mol. The molecule has 1 N–H and O–H groups in total. The smallest absolute Gasteiger partial charge is 0.0631 e. The van der Waals surface area contributed by atoms with Crippen LogP contribution in [0, 0.1) is 11.8 Å². The fraction of sp³-hybridized carbons (Fsp3) is 1.00. The predicted molar refractivity (Wildman–Crippen MR) is 80.5 cm³/mol. The van der Waals surface area contributed by atoms with Crippen LogP contribution in [0.15, 0.2) is 0 Å². The van der Waals surface area contributed by atoms with E-state index in [9.17, 15) is 0 Å². The summed E-state index contributed by atoms with van der Waals surface area (Å²) in [5.41, 5.74) is 0.0938. The van der Waals surface area contributed by atoms with Gasteiger partial charge in [-0.2, -0.15) is 0 Å². The molecule has 0 aromatic carbocycles. The van der Waals surface area contributed by atoms with Crippen LogP contribution in [-0.2, 0) is 9.47 Å². The van der Waals surface area contributed by atoms with Crippen LogP contribution in [-0.4, -0.2) is 38.5 Å². The minimum atomic E-state index is 0.0938. The van der Waals surface area contributed by atoms with Crippen LogP contribution in [0.4, 0.5) is 0 Å². The Morgan fingerprint density at radius 2 is 2.11 bits per heavy atom. The van der Waals surface area contributed by atoms with Gasteiger partial charge in [0.1, 0.15) is 0 Å². The molecule has 0 bridgehead atoms. The molecule has 3 nitrogen and oxygen atoms in total. The molecule has 0 aromatic rings. The molecule has 1 heterocycles. The molecule has 2 unspecified atom stereocenters. The zero-order chi connectivity index (χ0) is 14.3. The van der Waals surface area contributed by atoms with Crippen molar-refractivity contribution in [1.82, 2.24) is 5.32 Å². The summed E-state index contributed by atoms with van der Waals surface area (Å²) in [4.78, 5) is 0. The van der Waals surface area contributed by atoms with E-state index >= 15 is 0 Å². The molecule has 1 aliphatic heterocycles. The molecule has 1 saturated heterocycles. The van der Waals surface area contributed by atoms with Gasteiger partial charge in [0.15, 0.2) is 0 Å². The number of rotatable bonds is 9. The lowest BCUT2D eigenvalue weighted by atomic mass is 9.91. The average Bonchev–Trinajstić information content (AvgIpc) is 2.63. The van der Waals surface area contributed by atoms with Crippen molar-refractivity contribution in [1.29, 1.82) is 0 Å². The number of nitrogens with one attached hydrogen (secondary N) is 1. The summed E-state index contributed by atoms with van der Waals surface area (Å²) in [7, 11) is 1.75. The highest BCUT2D eigenvalue weighted by molar-refractivity contribution is 4.83. The van der Waals surface area contributed by atoms with Gasteiger partial charge in [0.05, 0.1) is 18.3 Å². The minimum Gasteiger partial charge on any atom is -0.383 e. The van der Waals surface area contributed by atoms with E-state index in [1.807, 2.05) is 0 Å². The Kier molecular flexibility index (Phi) is 7.33. The van der Waals surface area contributed by atoms with Gasteiger partial charge in [-0.25, -0.2) is 0 Å². The van der Waals surface area contributed by atoms with Crippen molar-refractivity contribution in [2.75, 3.05) is 26.8 Å². The fourth-order valence-corrected chi connectivity index (χ4v) is 3.03. The summed E-state index contributed by atoms with van der Waals surface area (Å²) in [6, 6.07) is 0. The molecule has 1 aliphatic rings. The third-order valence-corrected chi connectivity index (χ3v) is 3.87. The first-order valence-electron chi connectivity index (χ1n) is 7.80. The van der Waals surface area contributed by atoms with Crippen molar-refractivity contribution in [3.8, 4) is 0 Å². The average molecular weight is 271 g/mol. The van der Waals surface area contributed by atoms with E-state index in [1.54, 1.807) is 7.11 Å². The van der Waals surface area contributed by atoms with E-state index in [0.717, 1.165) is 31.5 Å². The van der Waals surface area contributed by atoms with E-state index in [1.165, 1.54) is 25.7 Å². The molecule has 1 fully saturated rings. The highest BCUT2D eigenvalue weighted by Gasteiger charge is 2.32. The number of hydrogen-bond acceptors (Lipinski definition) is 3. The lowest BCUT2D eigenvalue weighted by Gasteiger charge is -2.25. The third kappa shape index (κ3) is 7.28. The lowest BCUT2D eigenvalue weighted by molar-refractivity contribution is -0.0255. The Hall–Kier alpha value is -0.120. The molecule has 0 spiro atoms. The molecule has 114 valence electrons. The molecule has 0 amide bonds. The topological polar surface area (TPSA) is 30.5 Å². The standard InChI is InChI=1S/C16H33NO2/c1-13(2)10-14(12-17-8-9-18-5)11-15-6-7-16(3,4)19-15/h13-15,17H,6-12H2,1-5H3. The molecule has 3 heteroatoms. The first kappa shape index (κ1) is 16.9. The Balaban J connectivity index is 2.32. The number of ether oxygens (including phenoxy) is 2. The van der Waals surface area contributed by atoms with Crippen LogP contribution >= 0.6 is 0 Å². The normalized spacial score (nSPS) is 24.0. The van der Waals surface area contributed by atoms with Crippen LogP contribution in [0.5, 0.6) is 0 Å². The van der Waals surface area contributed by atoms with E-state index in [2.05, 4.69) is 33.0 Å². The quantitative estimate of drug-likeness (QED) is 0.653. The van der Waals surface area contributed by atoms with Gasteiger partial charge in [0, 0.05) is 13.7 Å². The predicted octanol–water partition coefficient (Wildman–Crippen LogP) is 3.23. The number of methoxy groups -OCH3 is 1. The minimum absolute atomic E-state index is 0.0938. The number of hydrogen-bond donors (Lipinski definition) is 1. The second kappa shape index (κ2) is 8.23. The molecule has 0 aliphatic carbocycles. The van der Waals surface area contributed by atoms with E-state index < -0.39 is 0 Å². The molecule has 1 rings (SSSR count). The SMILES string of the molecule is COCCNCC(CC(C)C)CC1CCC(C)(C)O1. The van der Waals surface area contributed by atoms with E-state index in [0.29, 0.717) is 6.10 Å². The molecule has 0 saturated carbocycles. The maximum atomic E-state index is 6.14. The van der Waals surface area contributed by atoms with Crippen LogP contribution < -0.4 is 5.32 Å². The largest absolute Gasteiger partial charge is 0.383 e. The van der Waals surface area contributed by atoms with Gasteiger partial charge in [-0.05, 0) is 57.9 Å². The summed E-state index contributed by atoms with van der Waals surface area (Å²) in [6.45, 7) is 11.9. The lowest BCUT2D eigenvalue weighted by Crippen LogP contribution is -2.30. The highest BCUT2D eigenvalue weighted by atomic mass is 16.5. The van der Waals surface area contributed by atoms with Crippen molar-refractivity contribution in [2.24, 2.45) is 11.8 Å². The van der Waals surface area contributed by atoms with Gasteiger partial charge in [0.2, 0.25) is 0 Å². The van der Waals surface area contributed by atoms with Crippen molar-refractivity contribution < 1.29 is 9.47 Å². The van der Waals surface area contributed by atoms with Gasteiger partial charge in [-0.15, -0.1) is 0 Å². The summed E-state index contributed by atoms with van der Waals surface area (Å²) in [5.74, 6) is 1.47. The maximum Gasteiger partial charge on any atom is 0.0631 e. The first-order valence-corrected chi connectivity index (χ1v) is 7.80. The highest BCUT2D eigenvalue weighted by Crippen LogP contribution is 2.33. The Morgan fingerprint density at radius 3 is 2.63 bits per heavy atom. The summed E-state index contributed by atoms with van der Waals surface area (Å²) >= 11 is 0. The van der Waals surface area contributed by atoms with Crippen molar-refractivity contribution in [3.63, 3.8) is 0 Å².